The SMILES string of the molecule is O=C(O)c1ccc(CCCN(Cc2cc3ccccc3o2)C(=O)C2CC2)s1. The third kappa shape index (κ3) is 4.22. The molecule has 140 valence electrons. The summed E-state index contributed by atoms with van der Waals surface area (Å²) in [6.45, 7) is 1.13. The van der Waals surface area contributed by atoms with Crippen molar-refractivity contribution in [3.8, 4) is 0 Å². The van der Waals surface area contributed by atoms with Gasteiger partial charge < -0.3 is 14.4 Å². The number of hydrogen-bond acceptors (Lipinski definition) is 4. The molecule has 1 aromatic carbocycles. The average molecular weight is 383 g/mol. The van der Waals surface area contributed by atoms with Crippen LogP contribution < -0.4 is 0 Å². The van der Waals surface area contributed by atoms with Crippen LogP contribution in [-0.2, 0) is 17.8 Å². The highest BCUT2D eigenvalue weighted by molar-refractivity contribution is 7.13. The predicted octanol–water partition coefficient (Wildman–Crippen LogP) is 4.56. The van der Waals surface area contributed by atoms with Crippen LogP contribution in [0.1, 0.15) is 39.6 Å². The van der Waals surface area contributed by atoms with Crippen molar-refractivity contribution in [1.82, 2.24) is 4.90 Å². The molecule has 2 heterocycles. The molecular formula is C21H21NO4S. The molecule has 0 spiro atoms. The molecule has 3 aromatic rings. The Morgan fingerprint density at radius 2 is 2.00 bits per heavy atom. The van der Waals surface area contributed by atoms with Gasteiger partial charge in [0, 0.05) is 22.7 Å². The number of fused-ring (bicyclic) bond motifs is 1. The number of furan rings is 1. The topological polar surface area (TPSA) is 70.8 Å². The number of nitrogens with zero attached hydrogens (tertiary/aromatic N) is 1. The summed E-state index contributed by atoms with van der Waals surface area (Å²) < 4.78 is 5.89. The molecule has 5 nitrogen and oxygen atoms in total. The van der Waals surface area contributed by atoms with Gasteiger partial charge in [-0.25, -0.2) is 4.79 Å². The van der Waals surface area contributed by atoms with Gasteiger partial charge in [0.15, 0.2) is 0 Å². The molecule has 1 aliphatic rings. The number of carbonyl (C=O) groups excluding carboxylic acids is 1. The number of carbonyl (C=O) groups is 2. The highest BCUT2D eigenvalue weighted by Crippen LogP contribution is 2.32. The zero-order chi connectivity index (χ0) is 18.8. The monoisotopic (exact) mass is 383 g/mol. The molecule has 1 N–H and O–H groups in total. The van der Waals surface area contributed by atoms with Crippen molar-refractivity contribution in [3.05, 3.63) is 58.0 Å². The molecule has 0 radical (unpaired) electrons. The summed E-state index contributed by atoms with van der Waals surface area (Å²) in [5.74, 6) is 0.277. The Bertz CT molecular complexity index is 936. The lowest BCUT2D eigenvalue weighted by Crippen LogP contribution is -2.32. The third-order valence-corrected chi connectivity index (χ3v) is 5.92. The molecule has 0 saturated heterocycles. The molecule has 1 aliphatic carbocycles. The normalized spacial score (nSPS) is 13.8. The summed E-state index contributed by atoms with van der Waals surface area (Å²) in [5, 5.41) is 10.1. The van der Waals surface area contributed by atoms with Gasteiger partial charge >= 0.3 is 5.97 Å². The molecule has 6 heteroatoms. The van der Waals surface area contributed by atoms with E-state index in [-0.39, 0.29) is 11.8 Å². The fourth-order valence-electron chi connectivity index (χ4n) is 3.23. The highest BCUT2D eigenvalue weighted by atomic mass is 32.1. The zero-order valence-corrected chi connectivity index (χ0v) is 15.7. The van der Waals surface area contributed by atoms with Crippen LogP contribution in [0, 0.1) is 5.92 Å². The maximum Gasteiger partial charge on any atom is 0.345 e. The van der Waals surface area contributed by atoms with E-state index in [1.807, 2.05) is 41.3 Å². The molecule has 1 fully saturated rings. The molecule has 1 amide bonds. The summed E-state index contributed by atoms with van der Waals surface area (Å²) >= 11 is 1.31. The second-order valence-electron chi connectivity index (χ2n) is 6.96. The largest absolute Gasteiger partial charge is 0.477 e. The number of para-hydroxylation sites is 1. The van der Waals surface area contributed by atoms with E-state index in [1.54, 1.807) is 6.07 Å². The Morgan fingerprint density at radius 1 is 1.19 bits per heavy atom. The number of hydrogen-bond donors (Lipinski definition) is 1. The van der Waals surface area contributed by atoms with Crippen molar-refractivity contribution in [1.29, 1.82) is 0 Å². The smallest absolute Gasteiger partial charge is 0.345 e. The number of rotatable bonds is 8. The molecule has 1 saturated carbocycles. The number of thiophene rings is 1. The Kier molecular flexibility index (Phi) is 4.99. The standard InChI is InChI=1S/C21H21NO4S/c23-20(14-7-8-14)22(11-3-5-17-9-10-19(27-17)21(24)25)13-16-12-15-4-1-2-6-18(15)26-16/h1-2,4,6,9-10,12,14H,3,5,7-8,11,13H2,(H,24,25). The average Bonchev–Trinajstić information content (AvgIpc) is 3.25. The summed E-state index contributed by atoms with van der Waals surface area (Å²) in [5.41, 5.74) is 0.839. The predicted molar refractivity (Wildman–Crippen MR) is 104 cm³/mol. The molecule has 0 unspecified atom stereocenters. The highest BCUT2D eigenvalue weighted by Gasteiger charge is 2.33. The van der Waals surface area contributed by atoms with Gasteiger partial charge in [-0.05, 0) is 49.9 Å². The lowest BCUT2D eigenvalue weighted by molar-refractivity contribution is -0.133. The second-order valence-corrected chi connectivity index (χ2v) is 8.13. The number of benzene rings is 1. The van der Waals surface area contributed by atoms with Crippen LogP contribution in [-0.4, -0.2) is 28.4 Å². The van der Waals surface area contributed by atoms with Gasteiger partial charge in [-0.3, -0.25) is 4.79 Å². The first kappa shape index (κ1) is 17.8. The molecule has 0 aliphatic heterocycles. The number of aromatic carboxylic acids is 1. The van der Waals surface area contributed by atoms with Gasteiger partial charge in [-0.1, -0.05) is 18.2 Å². The van der Waals surface area contributed by atoms with Crippen LogP contribution in [0.4, 0.5) is 0 Å². The van der Waals surface area contributed by atoms with Crippen LogP contribution in [0.25, 0.3) is 11.0 Å². The minimum Gasteiger partial charge on any atom is -0.477 e. The van der Waals surface area contributed by atoms with Gasteiger partial charge in [0.2, 0.25) is 5.91 Å². The Balaban J connectivity index is 1.41. The van der Waals surface area contributed by atoms with E-state index in [2.05, 4.69) is 0 Å². The van der Waals surface area contributed by atoms with E-state index in [0.717, 1.165) is 47.3 Å². The molecule has 0 atom stereocenters. The minimum absolute atomic E-state index is 0.162. The van der Waals surface area contributed by atoms with Gasteiger partial charge in [-0.2, -0.15) is 0 Å². The van der Waals surface area contributed by atoms with Gasteiger partial charge in [-0.15, -0.1) is 11.3 Å². The third-order valence-electron chi connectivity index (χ3n) is 4.79. The molecule has 2 aromatic heterocycles. The molecule has 4 rings (SSSR count). The van der Waals surface area contributed by atoms with Crippen LogP contribution in [0.15, 0.2) is 46.9 Å². The van der Waals surface area contributed by atoms with E-state index in [0.29, 0.717) is 18.0 Å². The van der Waals surface area contributed by atoms with Crippen molar-refractivity contribution >= 4 is 34.2 Å². The maximum atomic E-state index is 12.7. The lowest BCUT2D eigenvalue weighted by Gasteiger charge is -2.21. The lowest BCUT2D eigenvalue weighted by atomic mass is 10.2. The van der Waals surface area contributed by atoms with Gasteiger partial charge in [0.25, 0.3) is 0 Å². The van der Waals surface area contributed by atoms with E-state index in [1.165, 1.54) is 11.3 Å². The summed E-state index contributed by atoms with van der Waals surface area (Å²) in [7, 11) is 0. The minimum atomic E-state index is -0.887. The number of amides is 1. The Hall–Kier alpha value is -2.60. The summed E-state index contributed by atoms with van der Waals surface area (Å²) in [6, 6.07) is 13.4. The van der Waals surface area contributed by atoms with Gasteiger partial charge in [0.1, 0.15) is 16.2 Å². The summed E-state index contributed by atoms with van der Waals surface area (Å²) in [6.07, 6.45) is 3.52. The van der Waals surface area contributed by atoms with E-state index in [4.69, 9.17) is 9.52 Å². The quantitative estimate of drug-likeness (QED) is 0.619. The zero-order valence-electron chi connectivity index (χ0n) is 14.9. The number of carboxylic acids is 1. The summed E-state index contributed by atoms with van der Waals surface area (Å²) in [4.78, 5) is 26.9. The molecule has 27 heavy (non-hydrogen) atoms. The van der Waals surface area contributed by atoms with Crippen LogP contribution in [0.2, 0.25) is 0 Å². The van der Waals surface area contributed by atoms with Crippen LogP contribution in [0.5, 0.6) is 0 Å². The number of carboxylic acid groups (broad SMARTS) is 1. The fourth-order valence-corrected chi connectivity index (χ4v) is 4.12. The number of aryl methyl sites for hydroxylation is 1. The molecular weight excluding hydrogens is 362 g/mol. The van der Waals surface area contributed by atoms with Crippen LogP contribution in [0.3, 0.4) is 0 Å². The van der Waals surface area contributed by atoms with E-state index >= 15 is 0 Å². The Labute approximate surface area is 161 Å². The van der Waals surface area contributed by atoms with E-state index in [9.17, 15) is 9.59 Å². The van der Waals surface area contributed by atoms with E-state index < -0.39 is 5.97 Å². The maximum absolute atomic E-state index is 12.7. The van der Waals surface area contributed by atoms with Crippen molar-refractivity contribution in [2.45, 2.75) is 32.2 Å². The fraction of sp³-hybridized carbons (Fsp3) is 0.333. The molecule has 0 bridgehead atoms. The van der Waals surface area contributed by atoms with Crippen molar-refractivity contribution in [2.75, 3.05) is 6.54 Å². The van der Waals surface area contributed by atoms with Gasteiger partial charge in [0.05, 0.1) is 6.54 Å². The van der Waals surface area contributed by atoms with Crippen molar-refractivity contribution in [2.24, 2.45) is 5.92 Å². The first-order valence-corrected chi connectivity index (χ1v) is 10.00. The second kappa shape index (κ2) is 7.56. The van der Waals surface area contributed by atoms with Crippen molar-refractivity contribution < 1.29 is 19.1 Å². The first-order valence-electron chi connectivity index (χ1n) is 9.18. The van der Waals surface area contributed by atoms with Crippen molar-refractivity contribution in [3.63, 3.8) is 0 Å². The first-order chi connectivity index (χ1) is 13.1. The Morgan fingerprint density at radius 3 is 2.70 bits per heavy atom. The van der Waals surface area contributed by atoms with Crippen LogP contribution >= 0.6 is 11.3 Å².